The van der Waals surface area contributed by atoms with Gasteiger partial charge in [0.05, 0.1) is 12.8 Å². The van der Waals surface area contributed by atoms with E-state index in [0.717, 1.165) is 18.7 Å². The standard InChI is InChI=1S/C15H17N3O/c1-12(10-18-8-4-7-17-18)16-9-13-11-19-15-6-3-2-5-14(13)15/h2-8,11-12,16H,9-10H2,1H3. The Labute approximate surface area is 112 Å². The van der Waals surface area contributed by atoms with E-state index in [0.29, 0.717) is 6.04 Å². The van der Waals surface area contributed by atoms with Crippen LogP contribution in [0.15, 0.2) is 53.4 Å². The molecule has 0 aliphatic carbocycles. The molecule has 1 atom stereocenters. The van der Waals surface area contributed by atoms with Crippen molar-refractivity contribution >= 4 is 11.0 Å². The van der Waals surface area contributed by atoms with Crippen molar-refractivity contribution in [2.45, 2.75) is 26.1 Å². The van der Waals surface area contributed by atoms with Crippen molar-refractivity contribution in [3.8, 4) is 0 Å². The minimum Gasteiger partial charge on any atom is -0.464 e. The first-order chi connectivity index (χ1) is 9.33. The van der Waals surface area contributed by atoms with E-state index in [1.807, 2.05) is 41.4 Å². The average Bonchev–Trinajstić information content (AvgIpc) is 3.05. The number of hydrogen-bond acceptors (Lipinski definition) is 3. The summed E-state index contributed by atoms with van der Waals surface area (Å²) in [5.41, 5.74) is 2.14. The average molecular weight is 255 g/mol. The smallest absolute Gasteiger partial charge is 0.134 e. The fourth-order valence-corrected chi connectivity index (χ4v) is 2.21. The lowest BCUT2D eigenvalue weighted by molar-refractivity contribution is 0.450. The summed E-state index contributed by atoms with van der Waals surface area (Å²) in [7, 11) is 0. The summed E-state index contributed by atoms with van der Waals surface area (Å²) < 4.78 is 7.47. The number of fused-ring (bicyclic) bond motifs is 1. The molecule has 4 heteroatoms. The van der Waals surface area contributed by atoms with Crippen LogP contribution in [0.25, 0.3) is 11.0 Å². The molecule has 0 spiro atoms. The lowest BCUT2D eigenvalue weighted by Gasteiger charge is -2.13. The van der Waals surface area contributed by atoms with E-state index in [1.165, 1.54) is 10.9 Å². The lowest BCUT2D eigenvalue weighted by atomic mass is 10.1. The molecule has 0 bridgehead atoms. The zero-order valence-corrected chi connectivity index (χ0v) is 10.9. The molecule has 0 amide bonds. The molecule has 1 unspecified atom stereocenters. The fourth-order valence-electron chi connectivity index (χ4n) is 2.21. The summed E-state index contributed by atoms with van der Waals surface area (Å²) in [5.74, 6) is 0. The van der Waals surface area contributed by atoms with Crippen LogP contribution in [-0.2, 0) is 13.1 Å². The molecule has 3 aromatic rings. The van der Waals surface area contributed by atoms with Gasteiger partial charge in [-0.1, -0.05) is 18.2 Å². The molecule has 19 heavy (non-hydrogen) atoms. The zero-order valence-electron chi connectivity index (χ0n) is 10.9. The molecule has 3 rings (SSSR count). The summed E-state index contributed by atoms with van der Waals surface area (Å²) in [6.45, 7) is 3.83. The molecule has 0 aliphatic heterocycles. The van der Waals surface area contributed by atoms with E-state index >= 15 is 0 Å². The SMILES string of the molecule is CC(Cn1cccn1)NCc1coc2ccccc12. The van der Waals surface area contributed by atoms with Gasteiger partial charge in [0.25, 0.3) is 0 Å². The predicted molar refractivity (Wildman–Crippen MR) is 74.7 cm³/mol. The first kappa shape index (κ1) is 12.0. The molecule has 2 heterocycles. The van der Waals surface area contributed by atoms with Crippen molar-refractivity contribution in [2.24, 2.45) is 0 Å². The number of furan rings is 1. The summed E-state index contributed by atoms with van der Waals surface area (Å²) in [4.78, 5) is 0. The Kier molecular flexibility index (Phi) is 3.33. The van der Waals surface area contributed by atoms with Crippen LogP contribution in [0, 0.1) is 0 Å². The van der Waals surface area contributed by atoms with E-state index < -0.39 is 0 Å². The highest BCUT2D eigenvalue weighted by Crippen LogP contribution is 2.20. The molecule has 0 fully saturated rings. The van der Waals surface area contributed by atoms with Crippen molar-refractivity contribution in [3.63, 3.8) is 0 Å². The highest BCUT2D eigenvalue weighted by molar-refractivity contribution is 5.80. The molecule has 1 N–H and O–H groups in total. The topological polar surface area (TPSA) is 43.0 Å². The zero-order chi connectivity index (χ0) is 13.1. The van der Waals surface area contributed by atoms with Gasteiger partial charge in [-0.25, -0.2) is 0 Å². The van der Waals surface area contributed by atoms with E-state index in [9.17, 15) is 0 Å². The highest BCUT2D eigenvalue weighted by atomic mass is 16.3. The van der Waals surface area contributed by atoms with E-state index in [2.05, 4.69) is 23.4 Å². The maximum Gasteiger partial charge on any atom is 0.134 e. The van der Waals surface area contributed by atoms with Crippen LogP contribution >= 0.6 is 0 Å². The van der Waals surface area contributed by atoms with Gasteiger partial charge in [-0.05, 0) is 19.1 Å². The van der Waals surface area contributed by atoms with Crippen LogP contribution in [0.2, 0.25) is 0 Å². The minimum absolute atomic E-state index is 0.355. The van der Waals surface area contributed by atoms with Crippen LogP contribution < -0.4 is 5.32 Å². The van der Waals surface area contributed by atoms with E-state index in [1.54, 1.807) is 6.20 Å². The molecular formula is C15H17N3O. The van der Waals surface area contributed by atoms with Crippen LogP contribution in [-0.4, -0.2) is 15.8 Å². The molecule has 1 aromatic carbocycles. The molecule has 0 saturated carbocycles. The molecule has 0 aliphatic rings. The summed E-state index contributed by atoms with van der Waals surface area (Å²) in [6.07, 6.45) is 5.61. The third-order valence-corrected chi connectivity index (χ3v) is 3.22. The van der Waals surface area contributed by atoms with Gasteiger partial charge in [0.1, 0.15) is 5.58 Å². The van der Waals surface area contributed by atoms with Gasteiger partial charge in [-0.3, -0.25) is 4.68 Å². The Morgan fingerprint density at radius 2 is 2.21 bits per heavy atom. The van der Waals surface area contributed by atoms with Gasteiger partial charge in [-0.15, -0.1) is 0 Å². The van der Waals surface area contributed by atoms with Crippen LogP contribution in [0.1, 0.15) is 12.5 Å². The molecule has 0 radical (unpaired) electrons. The molecule has 2 aromatic heterocycles. The Bertz CT molecular complexity index is 642. The normalized spacial score (nSPS) is 12.9. The second-order valence-electron chi connectivity index (χ2n) is 4.77. The number of aromatic nitrogens is 2. The number of hydrogen-bond donors (Lipinski definition) is 1. The largest absolute Gasteiger partial charge is 0.464 e. The Balaban J connectivity index is 1.62. The summed E-state index contributed by atoms with van der Waals surface area (Å²) in [6, 6.07) is 10.4. The van der Waals surface area contributed by atoms with Gasteiger partial charge in [0.15, 0.2) is 0 Å². The predicted octanol–water partition coefficient (Wildman–Crippen LogP) is 2.81. The van der Waals surface area contributed by atoms with Gasteiger partial charge in [0.2, 0.25) is 0 Å². The Morgan fingerprint density at radius 3 is 3.05 bits per heavy atom. The third-order valence-electron chi connectivity index (χ3n) is 3.22. The van der Waals surface area contributed by atoms with Crippen molar-refractivity contribution in [3.05, 3.63) is 54.6 Å². The Morgan fingerprint density at radius 1 is 1.32 bits per heavy atom. The second kappa shape index (κ2) is 5.28. The van der Waals surface area contributed by atoms with Crippen molar-refractivity contribution in [2.75, 3.05) is 0 Å². The maximum absolute atomic E-state index is 5.53. The van der Waals surface area contributed by atoms with Crippen LogP contribution in [0.4, 0.5) is 0 Å². The van der Waals surface area contributed by atoms with Gasteiger partial charge in [-0.2, -0.15) is 5.10 Å². The van der Waals surface area contributed by atoms with Crippen molar-refractivity contribution in [1.82, 2.24) is 15.1 Å². The molecule has 0 saturated heterocycles. The third kappa shape index (κ3) is 2.69. The van der Waals surface area contributed by atoms with Crippen molar-refractivity contribution in [1.29, 1.82) is 0 Å². The van der Waals surface area contributed by atoms with E-state index in [-0.39, 0.29) is 0 Å². The fraction of sp³-hybridized carbons (Fsp3) is 0.267. The highest BCUT2D eigenvalue weighted by Gasteiger charge is 2.07. The van der Waals surface area contributed by atoms with Gasteiger partial charge >= 0.3 is 0 Å². The summed E-state index contributed by atoms with van der Waals surface area (Å²) in [5, 5.41) is 8.89. The molecule has 4 nitrogen and oxygen atoms in total. The number of nitrogens with one attached hydrogen (secondary N) is 1. The van der Waals surface area contributed by atoms with E-state index in [4.69, 9.17) is 4.42 Å². The van der Waals surface area contributed by atoms with Gasteiger partial charge in [0, 0.05) is 35.9 Å². The minimum atomic E-state index is 0.355. The lowest BCUT2D eigenvalue weighted by Crippen LogP contribution is -2.30. The number of para-hydroxylation sites is 1. The van der Waals surface area contributed by atoms with Crippen molar-refractivity contribution < 1.29 is 4.42 Å². The Hall–Kier alpha value is -2.07. The number of rotatable bonds is 5. The maximum atomic E-state index is 5.53. The van der Waals surface area contributed by atoms with Crippen LogP contribution in [0.5, 0.6) is 0 Å². The number of nitrogens with zero attached hydrogens (tertiary/aromatic N) is 2. The van der Waals surface area contributed by atoms with Gasteiger partial charge < -0.3 is 9.73 Å². The first-order valence-electron chi connectivity index (χ1n) is 6.49. The number of benzene rings is 1. The summed E-state index contributed by atoms with van der Waals surface area (Å²) >= 11 is 0. The quantitative estimate of drug-likeness (QED) is 0.762. The molecule has 98 valence electrons. The first-order valence-corrected chi connectivity index (χ1v) is 6.49. The molecular weight excluding hydrogens is 238 g/mol. The van der Waals surface area contributed by atoms with Crippen LogP contribution in [0.3, 0.4) is 0 Å². The second-order valence-corrected chi connectivity index (χ2v) is 4.77. The monoisotopic (exact) mass is 255 g/mol.